The number of hydrogen-bond donors (Lipinski definition) is 1. The molecule has 0 saturated heterocycles. The average Bonchev–Trinajstić information content (AvgIpc) is 2.66. The second kappa shape index (κ2) is 6.60. The van der Waals surface area contributed by atoms with Crippen LogP contribution in [0.4, 0.5) is 0 Å². The first-order valence-corrected chi connectivity index (χ1v) is 5.75. The van der Waals surface area contributed by atoms with Gasteiger partial charge in [0.05, 0.1) is 6.61 Å². The van der Waals surface area contributed by atoms with Crippen LogP contribution in [0.15, 0.2) is 6.33 Å². The molecule has 0 aromatic carbocycles. The van der Waals surface area contributed by atoms with Crippen molar-refractivity contribution in [1.29, 1.82) is 0 Å². The Labute approximate surface area is 97.2 Å². The van der Waals surface area contributed by atoms with Crippen LogP contribution >= 0.6 is 0 Å². The van der Waals surface area contributed by atoms with Gasteiger partial charge < -0.3 is 14.6 Å². The summed E-state index contributed by atoms with van der Waals surface area (Å²) in [4.78, 5) is 0. The maximum atomic E-state index is 5.06. The summed E-state index contributed by atoms with van der Waals surface area (Å²) < 4.78 is 7.16. The predicted molar refractivity (Wildman–Crippen MR) is 63.5 cm³/mol. The molecule has 0 aliphatic rings. The SMILES string of the molecule is COCC(C)NCCc1nncn1C(C)C. The van der Waals surface area contributed by atoms with Crippen molar-refractivity contribution >= 4 is 0 Å². The van der Waals surface area contributed by atoms with Crippen molar-refractivity contribution < 1.29 is 4.74 Å². The Morgan fingerprint density at radius 3 is 2.81 bits per heavy atom. The first-order valence-electron chi connectivity index (χ1n) is 5.75. The van der Waals surface area contributed by atoms with Crippen molar-refractivity contribution in [2.45, 2.75) is 39.3 Å². The molecule has 0 amide bonds. The van der Waals surface area contributed by atoms with E-state index in [9.17, 15) is 0 Å². The minimum atomic E-state index is 0.375. The van der Waals surface area contributed by atoms with Crippen LogP contribution in [0.5, 0.6) is 0 Å². The van der Waals surface area contributed by atoms with E-state index in [4.69, 9.17) is 4.74 Å². The molecule has 16 heavy (non-hydrogen) atoms. The first-order chi connectivity index (χ1) is 7.65. The zero-order valence-corrected chi connectivity index (χ0v) is 10.6. The lowest BCUT2D eigenvalue weighted by molar-refractivity contribution is 0.172. The molecule has 0 radical (unpaired) electrons. The van der Waals surface area contributed by atoms with Crippen molar-refractivity contribution in [2.75, 3.05) is 20.3 Å². The molecule has 1 unspecified atom stereocenters. The summed E-state index contributed by atoms with van der Waals surface area (Å²) >= 11 is 0. The maximum Gasteiger partial charge on any atom is 0.134 e. The molecule has 0 aliphatic heterocycles. The minimum Gasteiger partial charge on any atom is -0.383 e. The van der Waals surface area contributed by atoms with Gasteiger partial charge in [0, 0.05) is 32.2 Å². The third kappa shape index (κ3) is 3.90. The second-order valence-corrected chi connectivity index (χ2v) is 4.31. The molecule has 0 bridgehead atoms. The molecular weight excluding hydrogens is 204 g/mol. The van der Waals surface area contributed by atoms with Crippen LogP contribution in [0, 0.1) is 0 Å². The van der Waals surface area contributed by atoms with Gasteiger partial charge in [0.15, 0.2) is 0 Å². The van der Waals surface area contributed by atoms with Crippen molar-refractivity contribution in [2.24, 2.45) is 0 Å². The molecule has 5 nitrogen and oxygen atoms in total. The molecule has 0 spiro atoms. The van der Waals surface area contributed by atoms with E-state index < -0.39 is 0 Å². The highest BCUT2D eigenvalue weighted by Crippen LogP contribution is 2.06. The lowest BCUT2D eigenvalue weighted by atomic mass is 10.3. The van der Waals surface area contributed by atoms with Crippen LogP contribution in [0.25, 0.3) is 0 Å². The van der Waals surface area contributed by atoms with E-state index in [1.165, 1.54) is 0 Å². The molecule has 0 fully saturated rings. The third-order valence-corrected chi connectivity index (χ3v) is 2.46. The molecule has 1 aromatic rings. The summed E-state index contributed by atoms with van der Waals surface area (Å²) in [5.41, 5.74) is 0. The zero-order chi connectivity index (χ0) is 12.0. The van der Waals surface area contributed by atoms with Crippen LogP contribution in [-0.4, -0.2) is 41.1 Å². The monoisotopic (exact) mass is 226 g/mol. The van der Waals surface area contributed by atoms with Crippen LogP contribution in [0.3, 0.4) is 0 Å². The Bertz CT molecular complexity index is 298. The zero-order valence-electron chi connectivity index (χ0n) is 10.6. The molecule has 92 valence electrons. The summed E-state index contributed by atoms with van der Waals surface area (Å²) in [6, 6.07) is 0.793. The normalized spacial score (nSPS) is 13.3. The highest BCUT2D eigenvalue weighted by atomic mass is 16.5. The fourth-order valence-electron chi connectivity index (χ4n) is 1.62. The molecule has 1 N–H and O–H groups in total. The Balaban J connectivity index is 2.34. The van der Waals surface area contributed by atoms with Gasteiger partial charge >= 0.3 is 0 Å². The van der Waals surface area contributed by atoms with Gasteiger partial charge in [0.1, 0.15) is 12.2 Å². The smallest absolute Gasteiger partial charge is 0.134 e. The number of nitrogens with zero attached hydrogens (tertiary/aromatic N) is 3. The maximum absolute atomic E-state index is 5.06. The van der Waals surface area contributed by atoms with Crippen LogP contribution < -0.4 is 5.32 Å². The second-order valence-electron chi connectivity index (χ2n) is 4.31. The van der Waals surface area contributed by atoms with Crippen molar-refractivity contribution in [3.63, 3.8) is 0 Å². The van der Waals surface area contributed by atoms with E-state index in [1.807, 2.05) is 0 Å². The summed E-state index contributed by atoms with van der Waals surface area (Å²) in [5.74, 6) is 1.03. The number of hydrogen-bond acceptors (Lipinski definition) is 4. The molecule has 0 aliphatic carbocycles. The first kappa shape index (κ1) is 13.1. The van der Waals surface area contributed by atoms with Crippen LogP contribution in [-0.2, 0) is 11.2 Å². The summed E-state index contributed by atoms with van der Waals surface area (Å²) in [7, 11) is 1.72. The lowest BCUT2D eigenvalue weighted by Gasteiger charge is -2.13. The Kier molecular flexibility index (Phi) is 5.42. The molecule has 1 aromatic heterocycles. The van der Waals surface area contributed by atoms with E-state index in [0.29, 0.717) is 12.1 Å². The molecule has 1 rings (SSSR count). The Hall–Kier alpha value is -0.940. The number of ether oxygens (including phenoxy) is 1. The highest BCUT2D eigenvalue weighted by molar-refractivity contribution is 4.88. The molecule has 1 atom stereocenters. The van der Waals surface area contributed by atoms with Gasteiger partial charge in [0.2, 0.25) is 0 Å². The van der Waals surface area contributed by atoms with Gasteiger partial charge in [-0.3, -0.25) is 0 Å². The number of rotatable bonds is 7. The van der Waals surface area contributed by atoms with Gasteiger partial charge in [-0.25, -0.2) is 0 Å². The van der Waals surface area contributed by atoms with Crippen molar-refractivity contribution in [3.05, 3.63) is 12.2 Å². The average molecular weight is 226 g/mol. The Morgan fingerprint density at radius 1 is 1.44 bits per heavy atom. The van der Waals surface area contributed by atoms with Crippen LogP contribution in [0.2, 0.25) is 0 Å². The lowest BCUT2D eigenvalue weighted by Crippen LogP contribution is -2.32. The number of aromatic nitrogens is 3. The summed E-state index contributed by atoms with van der Waals surface area (Å²) in [5, 5.41) is 11.4. The van der Waals surface area contributed by atoms with E-state index >= 15 is 0 Å². The topological polar surface area (TPSA) is 52.0 Å². The van der Waals surface area contributed by atoms with E-state index in [0.717, 1.165) is 25.4 Å². The standard InChI is InChI=1S/C11H22N4O/c1-9(2)15-8-13-14-11(15)5-6-12-10(3)7-16-4/h8-10,12H,5-7H2,1-4H3. The number of methoxy groups -OCH3 is 1. The molecule has 1 heterocycles. The summed E-state index contributed by atoms with van der Waals surface area (Å²) in [6.45, 7) is 8.01. The number of nitrogens with one attached hydrogen (secondary N) is 1. The summed E-state index contributed by atoms with van der Waals surface area (Å²) in [6.07, 6.45) is 2.69. The van der Waals surface area contributed by atoms with Crippen molar-refractivity contribution in [3.8, 4) is 0 Å². The largest absolute Gasteiger partial charge is 0.383 e. The molecule has 0 saturated carbocycles. The third-order valence-electron chi connectivity index (χ3n) is 2.46. The van der Waals surface area contributed by atoms with E-state index in [2.05, 4.69) is 40.9 Å². The molecular formula is C11H22N4O. The van der Waals surface area contributed by atoms with Crippen LogP contribution in [0.1, 0.15) is 32.6 Å². The fourth-order valence-corrected chi connectivity index (χ4v) is 1.62. The van der Waals surface area contributed by atoms with E-state index in [-0.39, 0.29) is 0 Å². The van der Waals surface area contributed by atoms with E-state index in [1.54, 1.807) is 13.4 Å². The van der Waals surface area contributed by atoms with Gasteiger partial charge in [-0.05, 0) is 20.8 Å². The fraction of sp³-hybridized carbons (Fsp3) is 0.818. The van der Waals surface area contributed by atoms with Gasteiger partial charge in [-0.15, -0.1) is 10.2 Å². The van der Waals surface area contributed by atoms with Crippen molar-refractivity contribution in [1.82, 2.24) is 20.1 Å². The highest BCUT2D eigenvalue weighted by Gasteiger charge is 2.07. The molecule has 5 heteroatoms. The van der Waals surface area contributed by atoms with Gasteiger partial charge in [-0.2, -0.15) is 0 Å². The minimum absolute atomic E-state index is 0.375. The predicted octanol–water partition coefficient (Wildman–Crippen LogP) is 1.03. The van der Waals surface area contributed by atoms with Gasteiger partial charge in [-0.1, -0.05) is 0 Å². The van der Waals surface area contributed by atoms with Gasteiger partial charge in [0.25, 0.3) is 0 Å². The quantitative estimate of drug-likeness (QED) is 0.754. The Morgan fingerprint density at radius 2 is 2.19 bits per heavy atom.